The minimum Gasteiger partial charge on any atom is -0.497 e. The van der Waals surface area contributed by atoms with Gasteiger partial charge in [0.05, 0.1) is 13.7 Å². The number of thiophene rings is 1. The molecule has 1 aromatic carbocycles. The third kappa shape index (κ3) is 3.82. The van der Waals surface area contributed by atoms with Crippen molar-refractivity contribution in [1.82, 2.24) is 0 Å². The fraction of sp³-hybridized carbons (Fsp3) is 0.375. The normalized spacial score (nSPS) is 14.0. The van der Waals surface area contributed by atoms with Crippen molar-refractivity contribution in [3.8, 4) is 5.75 Å². The summed E-state index contributed by atoms with van der Waals surface area (Å²) < 4.78 is 11.2. The molecule has 0 saturated carbocycles. The molecule has 0 fully saturated rings. The quantitative estimate of drug-likeness (QED) is 0.883. The largest absolute Gasteiger partial charge is 0.497 e. The summed E-state index contributed by atoms with van der Waals surface area (Å²) in [7, 11) is 1.67. The van der Waals surface area contributed by atoms with Crippen molar-refractivity contribution in [2.24, 2.45) is 5.73 Å². The van der Waals surface area contributed by atoms with E-state index in [0.29, 0.717) is 6.61 Å². The summed E-state index contributed by atoms with van der Waals surface area (Å²) in [5.74, 6) is 0.843. The molecule has 0 amide bonds. The Morgan fingerprint density at radius 1 is 1.25 bits per heavy atom. The van der Waals surface area contributed by atoms with Gasteiger partial charge < -0.3 is 15.2 Å². The van der Waals surface area contributed by atoms with Crippen LogP contribution in [0.5, 0.6) is 5.75 Å². The van der Waals surface area contributed by atoms with Gasteiger partial charge in [0.25, 0.3) is 0 Å². The molecular formula is C16H21NO2S. The molecule has 20 heavy (non-hydrogen) atoms. The van der Waals surface area contributed by atoms with Crippen molar-refractivity contribution in [2.75, 3.05) is 7.11 Å². The van der Waals surface area contributed by atoms with Crippen LogP contribution in [-0.4, -0.2) is 13.2 Å². The van der Waals surface area contributed by atoms with E-state index in [1.165, 1.54) is 9.75 Å². The van der Waals surface area contributed by atoms with Crippen molar-refractivity contribution >= 4 is 11.3 Å². The zero-order valence-corrected chi connectivity index (χ0v) is 12.9. The van der Waals surface area contributed by atoms with Gasteiger partial charge in [0.15, 0.2) is 0 Å². The average molecular weight is 291 g/mol. The van der Waals surface area contributed by atoms with Crippen LogP contribution in [0.25, 0.3) is 0 Å². The summed E-state index contributed by atoms with van der Waals surface area (Å²) in [6, 6.07) is 12.1. The minimum atomic E-state index is -0.0695. The molecular weight excluding hydrogens is 270 g/mol. The lowest BCUT2D eigenvalue weighted by atomic mass is 10.1. The molecule has 0 spiro atoms. The Morgan fingerprint density at radius 2 is 2.05 bits per heavy atom. The number of benzene rings is 1. The van der Waals surface area contributed by atoms with E-state index in [1.807, 2.05) is 31.2 Å². The van der Waals surface area contributed by atoms with Crippen molar-refractivity contribution in [3.63, 3.8) is 0 Å². The number of ether oxygens (including phenoxy) is 2. The van der Waals surface area contributed by atoms with Crippen LogP contribution in [0, 0.1) is 6.92 Å². The molecule has 3 nitrogen and oxygen atoms in total. The van der Waals surface area contributed by atoms with Crippen LogP contribution in [-0.2, 0) is 11.3 Å². The maximum atomic E-state index is 6.06. The van der Waals surface area contributed by atoms with E-state index in [4.69, 9.17) is 15.2 Å². The first-order valence-electron chi connectivity index (χ1n) is 6.66. The molecule has 1 aromatic heterocycles. The van der Waals surface area contributed by atoms with Gasteiger partial charge in [0, 0.05) is 15.8 Å². The highest BCUT2D eigenvalue weighted by atomic mass is 32.1. The second-order valence-electron chi connectivity index (χ2n) is 4.89. The Hall–Kier alpha value is -1.36. The Kier molecular flexibility index (Phi) is 5.17. The molecule has 0 radical (unpaired) electrons. The molecule has 2 aromatic rings. The molecule has 108 valence electrons. The lowest BCUT2D eigenvalue weighted by Gasteiger charge is -2.20. The predicted octanol–water partition coefficient (Wildman–Crippen LogP) is 3.67. The van der Waals surface area contributed by atoms with E-state index >= 15 is 0 Å². The standard InChI is InChI=1S/C16H21NO2S/c1-11-7-8-15(20-11)16(12(2)17)19-10-13-5-4-6-14(9-13)18-3/h4-9,12,16H,10,17H2,1-3H3. The molecule has 0 bridgehead atoms. The molecule has 2 unspecified atom stereocenters. The van der Waals surface area contributed by atoms with Crippen LogP contribution in [0.15, 0.2) is 36.4 Å². The SMILES string of the molecule is COc1cccc(COC(c2ccc(C)s2)C(C)N)c1. The van der Waals surface area contributed by atoms with Crippen molar-refractivity contribution in [3.05, 3.63) is 51.7 Å². The van der Waals surface area contributed by atoms with E-state index < -0.39 is 0 Å². The van der Waals surface area contributed by atoms with Gasteiger partial charge in [0.2, 0.25) is 0 Å². The van der Waals surface area contributed by atoms with Crippen LogP contribution in [0.2, 0.25) is 0 Å². The fourth-order valence-corrected chi connectivity index (χ4v) is 3.09. The topological polar surface area (TPSA) is 44.5 Å². The molecule has 0 aliphatic heterocycles. The molecule has 2 atom stereocenters. The highest BCUT2D eigenvalue weighted by Crippen LogP contribution is 2.28. The van der Waals surface area contributed by atoms with Gasteiger partial charge in [-0.3, -0.25) is 0 Å². The van der Waals surface area contributed by atoms with Crippen LogP contribution < -0.4 is 10.5 Å². The molecule has 0 aliphatic rings. The zero-order chi connectivity index (χ0) is 14.5. The highest BCUT2D eigenvalue weighted by Gasteiger charge is 2.18. The van der Waals surface area contributed by atoms with Gasteiger partial charge in [-0.25, -0.2) is 0 Å². The summed E-state index contributed by atoms with van der Waals surface area (Å²) in [5, 5.41) is 0. The maximum absolute atomic E-state index is 6.06. The smallest absolute Gasteiger partial charge is 0.119 e. The molecule has 4 heteroatoms. The summed E-state index contributed by atoms with van der Waals surface area (Å²) in [6.45, 7) is 4.60. The van der Waals surface area contributed by atoms with E-state index in [-0.39, 0.29) is 12.1 Å². The zero-order valence-electron chi connectivity index (χ0n) is 12.1. The van der Waals surface area contributed by atoms with Gasteiger partial charge in [-0.15, -0.1) is 11.3 Å². The number of nitrogens with two attached hydrogens (primary N) is 1. The second kappa shape index (κ2) is 6.88. The van der Waals surface area contributed by atoms with Crippen LogP contribution in [0.3, 0.4) is 0 Å². The van der Waals surface area contributed by atoms with E-state index in [1.54, 1.807) is 18.4 Å². The number of hydrogen-bond donors (Lipinski definition) is 1. The lowest BCUT2D eigenvalue weighted by Crippen LogP contribution is -2.26. The molecule has 0 aliphatic carbocycles. The average Bonchev–Trinajstić information content (AvgIpc) is 2.85. The van der Waals surface area contributed by atoms with Gasteiger partial charge in [0.1, 0.15) is 11.9 Å². The predicted molar refractivity (Wildman–Crippen MR) is 83.2 cm³/mol. The van der Waals surface area contributed by atoms with Crippen molar-refractivity contribution < 1.29 is 9.47 Å². The highest BCUT2D eigenvalue weighted by molar-refractivity contribution is 7.12. The summed E-state index contributed by atoms with van der Waals surface area (Å²) in [5.41, 5.74) is 7.14. The maximum Gasteiger partial charge on any atom is 0.119 e. The first-order valence-corrected chi connectivity index (χ1v) is 7.48. The van der Waals surface area contributed by atoms with Crippen molar-refractivity contribution in [1.29, 1.82) is 0 Å². The third-order valence-electron chi connectivity index (χ3n) is 3.08. The Bertz CT molecular complexity index is 551. The summed E-state index contributed by atoms with van der Waals surface area (Å²) in [6.07, 6.45) is -0.0695. The number of rotatable bonds is 6. The first-order chi connectivity index (χ1) is 9.60. The number of aryl methyl sites for hydroxylation is 1. The molecule has 1 heterocycles. The molecule has 0 saturated heterocycles. The van der Waals surface area contributed by atoms with Crippen molar-refractivity contribution in [2.45, 2.75) is 32.6 Å². The van der Waals surface area contributed by atoms with E-state index in [9.17, 15) is 0 Å². The van der Waals surface area contributed by atoms with Gasteiger partial charge in [-0.1, -0.05) is 12.1 Å². The van der Waals surface area contributed by atoms with Crippen LogP contribution in [0.1, 0.15) is 28.3 Å². The fourth-order valence-electron chi connectivity index (χ4n) is 2.05. The van der Waals surface area contributed by atoms with Crippen LogP contribution in [0.4, 0.5) is 0 Å². The number of hydrogen-bond acceptors (Lipinski definition) is 4. The Balaban J connectivity index is 2.05. The second-order valence-corrected chi connectivity index (χ2v) is 6.21. The summed E-state index contributed by atoms with van der Waals surface area (Å²) in [4.78, 5) is 2.45. The van der Waals surface area contributed by atoms with Gasteiger partial charge in [-0.2, -0.15) is 0 Å². The summed E-state index contributed by atoms with van der Waals surface area (Å²) >= 11 is 1.74. The monoisotopic (exact) mass is 291 g/mol. The Morgan fingerprint density at radius 3 is 2.65 bits per heavy atom. The molecule has 2 rings (SSSR count). The van der Waals surface area contributed by atoms with E-state index in [2.05, 4.69) is 19.1 Å². The van der Waals surface area contributed by atoms with Gasteiger partial charge in [-0.05, 0) is 43.7 Å². The third-order valence-corrected chi connectivity index (χ3v) is 4.14. The minimum absolute atomic E-state index is 0.0429. The van der Waals surface area contributed by atoms with E-state index in [0.717, 1.165) is 11.3 Å². The number of methoxy groups -OCH3 is 1. The lowest BCUT2D eigenvalue weighted by molar-refractivity contribution is 0.0282. The Labute approximate surface area is 124 Å². The van der Waals surface area contributed by atoms with Gasteiger partial charge >= 0.3 is 0 Å². The van der Waals surface area contributed by atoms with Crippen LogP contribution >= 0.6 is 11.3 Å². The first kappa shape index (κ1) is 15.0. The molecule has 2 N–H and O–H groups in total.